The van der Waals surface area contributed by atoms with E-state index in [0.29, 0.717) is 6.61 Å². The van der Waals surface area contributed by atoms with Crippen molar-refractivity contribution < 1.29 is 65.4 Å². The molecular formula is C14H29KO3P+. The Hall–Kier alpha value is 1.66. The van der Waals surface area contributed by atoms with Crippen molar-refractivity contribution in [2.24, 2.45) is 0 Å². The van der Waals surface area contributed by atoms with Crippen molar-refractivity contribution in [3.8, 4) is 0 Å². The first-order valence-corrected chi connectivity index (χ1v) is 8.64. The maximum Gasteiger partial charge on any atom is 1.00 e. The topological polar surface area (TPSA) is 49.4 Å². The van der Waals surface area contributed by atoms with Gasteiger partial charge in [0.2, 0.25) is 0 Å². The van der Waals surface area contributed by atoms with Crippen molar-refractivity contribution in [1.29, 1.82) is 0 Å². The maximum absolute atomic E-state index is 10.1. The molecule has 1 unspecified atom stereocenters. The molecule has 0 rings (SSSR count). The van der Waals surface area contributed by atoms with Crippen LogP contribution in [-0.2, 0) is 9.09 Å². The molecule has 108 valence electrons. The van der Waals surface area contributed by atoms with Gasteiger partial charge in [-0.3, -0.25) is 0 Å². The van der Waals surface area contributed by atoms with Gasteiger partial charge in [0, 0.05) is 0 Å². The summed E-state index contributed by atoms with van der Waals surface area (Å²) in [6.45, 7) is 2.61. The Kier molecular flexibility index (Phi) is 23.7. The molecule has 0 aromatic heterocycles. The molecule has 0 saturated heterocycles. The molecule has 0 aromatic rings. The van der Waals surface area contributed by atoms with Crippen LogP contribution in [0, 0.1) is 0 Å². The molecule has 0 amide bonds. The van der Waals surface area contributed by atoms with Crippen LogP contribution in [0.2, 0.25) is 0 Å². The summed E-state index contributed by atoms with van der Waals surface area (Å²) in [7, 11) is -2.64. The molecule has 19 heavy (non-hydrogen) atoms. The molecule has 0 aliphatic carbocycles. The second-order valence-electron chi connectivity index (χ2n) is 4.95. The SMILES string of the molecule is CCCCCCCCCCCCCCO[P+](=O)[O-].[K+]. The zero-order chi connectivity index (χ0) is 13.5. The molecule has 0 aliphatic rings. The van der Waals surface area contributed by atoms with Gasteiger partial charge in [0.25, 0.3) is 0 Å². The predicted octanol–water partition coefficient (Wildman–Crippen LogP) is 1.73. The minimum absolute atomic E-state index is 0. The molecule has 0 saturated carbocycles. The van der Waals surface area contributed by atoms with Crippen molar-refractivity contribution in [3.63, 3.8) is 0 Å². The smallest absolute Gasteiger partial charge is 0.566 e. The van der Waals surface area contributed by atoms with E-state index in [9.17, 15) is 9.46 Å². The van der Waals surface area contributed by atoms with E-state index in [-0.39, 0.29) is 51.4 Å². The molecule has 0 fully saturated rings. The summed E-state index contributed by atoms with van der Waals surface area (Å²) in [5.41, 5.74) is 0. The summed E-state index contributed by atoms with van der Waals surface area (Å²) in [4.78, 5) is 10.1. The second-order valence-corrected chi connectivity index (χ2v) is 5.65. The molecule has 0 radical (unpaired) electrons. The van der Waals surface area contributed by atoms with Crippen molar-refractivity contribution in [2.75, 3.05) is 6.61 Å². The predicted molar refractivity (Wildman–Crippen MR) is 74.6 cm³/mol. The van der Waals surface area contributed by atoms with Gasteiger partial charge in [-0.2, -0.15) is 0 Å². The van der Waals surface area contributed by atoms with E-state index in [1.165, 1.54) is 64.2 Å². The fraction of sp³-hybridized carbons (Fsp3) is 1.00. The van der Waals surface area contributed by atoms with E-state index in [2.05, 4.69) is 11.4 Å². The molecule has 1 atom stereocenters. The number of hydrogen-bond acceptors (Lipinski definition) is 3. The van der Waals surface area contributed by atoms with Crippen LogP contribution in [0.3, 0.4) is 0 Å². The number of unbranched alkanes of at least 4 members (excludes halogenated alkanes) is 11. The first kappa shape index (κ1) is 22.9. The average molecular weight is 315 g/mol. The van der Waals surface area contributed by atoms with Gasteiger partial charge < -0.3 is 4.89 Å². The Bertz CT molecular complexity index is 192. The van der Waals surface area contributed by atoms with Gasteiger partial charge in [0.05, 0.1) is 0 Å². The van der Waals surface area contributed by atoms with E-state index in [0.717, 1.165) is 12.8 Å². The van der Waals surface area contributed by atoms with E-state index in [1.54, 1.807) is 0 Å². The van der Waals surface area contributed by atoms with Crippen LogP contribution in [0.25, 0.3) is 0 Å². The number of hydrogen-bond donors (Lipinski definition) is 0. The zero-order valence-electron chi connectivity index (χ0n) is 12.9. The summed E-state index contributed by atoms with van der Waals surface area (Å²) in [5.74, 6) is 0. The van der Waals surface area contributed by atoms with E-state index >= 15 is 0 Å². The van der Waals surface area contributed by atoms with Gasteiger partial charge in [0.15, 0.2) is 0 Å². The Labute approximate surface area is 162 Å². The van der Waals surface area contributed by atoms with Gasteiger partial charge >= 0.3 is 59.6 Å². The molecule has 0 aliphatic heterocycles. The minimum Gasteiger partial charge on any atom is -0.566 e. The minimum atomic E-state index is -2.64. The summed E-state index contributed by atoms with van der Waals surface area (Å²) in [5, 5.41) is 0. The molecule has 3 nitrogen and oxygen atoms in total. The first-order valence-electron chi connectivity index (χ1n) is 7.54. The summed E-state index contributed by atoms with van der Waals surface area (Å²) in [6, 6.07) is 0. The summed E-state index contributed by atoms with van der Waals surface area (Å²) < 4.78 is 14.6. The van der Waals surface area contributed by atoms with Crippen LogP contribution in [0.5, 0.6) is 0 Å². The molecule has 0 heterocycles. The van der Waals surface area contributed by atoms with Gasteiger partial charge in [0.1, 0.15) is 6.61 Å². The third kappa shape index (κ3) is 22.1. The fourth-order valence-electron chi connectivity index (χ4n) is 2.08. The summed E-state index contributed by atoms with van der Waals surface area (Å²) in [6.07, 6.45) is 15.4. The van der Waals surface area contributed by atoms with Gasteiger partial charge in [-0.1, -0.05) is 77.6 Å². The summed E-state index contributed by atoms with van der Waals surface area (Å²) >= 11 is 0. The standard InChI is InChI=1S/C14H29O3P.K/c1-2-3-4-5-6-7-8-9-10-11-12-13-14-17-18(15)16;/h2-14H2,1H3;/q;+1. The van der Waals surface area contributed by atoms with Crippen molar-refractivity contribution in [3.05, 3.63) is 0 Å². The van der Waals surface area contributed by atoms with Crippen LogP contribution >= 0.6 is 8.25 Å². The van der Waals surface area contributed by atoms with E-state index in [4.69, 9.17) is 0 Å². The third-order valence-corrected chi connectivity index (χ3v) is 3.59. The van der Waals surface area contributed by atoms with Crippen LogP contribution in [-0.4, -0.2) is 6.61 Å². The molecule has 0 bridgehead atoms. The Balaban J connectivity index is 0. The fourth-order valence-corrected chi connectivity index (χ4v) is 2.36. The first-order chi connectivity index (χ1) is 8.77. The quantitative estimate of drug-likeness (QED) is 0.279. The van der Waals surface area contributed by atoms with Crippen molar-refractivity contribution >= 4 is 8.25 Å². The number of rotatable bonds is 14. The third-order valence-electron chi connectivity index (χ3n) is 3.19. The van der Waals surface area contributed by atoms with Gasteiger partial charge in [-0.15, -0.1) is 4.52 Å². The molecular weight excluding hydrogens is 286 g/mol. The van der Waals surface area contributed by atoms with Crippen LogP contribution in [0.4, 0.5) is 0 Å². The van der Waals surface area contributed by atoms with Gasteiger partial charge in [-0.05, 0) is 11.0 Å². The molecule has 0 aromatic carbocycles. The van der Waals surface area contributed by atoms with Crippen molar-refractivity contribution in [2.45, 2.75) is 84.0 Å². The van der Waals surface area contributed by atoms with E-state index in [1.807, 2.05) is 0 Å². The Morgan fingerprint density at radius 1 is 0.789 bits per heavy atom. The van der Waals surface area contributed by atoms with Gasteiger partial charge in [-0.25, -0.2) is 0 Å². The molecule has 0 N–H and O–H groups in total. The maximum atomic E-state index is 10.1. The van der Waals surface area contributed by atoms with Crippen molar-refractivity contribution in [1.82, 2.24) is 0 Å². The Morgan fingerprint density at radius 2 is 1.16 bits per heavy atom. The largest absolute Gasteiger partial charge is 1.00 e. The van der Waals surface area contributed by atoms with E-state index < -0.39 is 8.25 Å². The van der Waals surface area contributed by atoms with Crippen LogP contribution < -0.4 is 56.3 Å². The van der Waals surface area contributed by atoms with Crippen LogP contribution in [0.15, 0.2) is 0 Å². The zero-order valence-corrected chi connectivity index (χ0v) is 16.9. The molecule has 5 heteroatoms. The monoisotopic (exact) mass is 315 g/mol. The normalized spacial score (nSPS) is 11.2. The molecule has 0 spiro atoms. The van der Waals surface area contributed by atoms with Crippen LogP contribution in [0.1, 0.15) is 84.0 Å². The average Bonchev–Trinajstić information content (AvgIpc) is 2.34. The second kappa shape index (κ2) is 19.7. The Morgan fingerprint density at radius 3 is 1.53 bits per heavy atom.